The highest BCUT2D eigenvalue weighted by Gasteiger charge is 2.39. The van der Waals surface area contributed by atoms with Gasteiger partial charge in [0.1, 0.15) is 0 Å². The largest absolute Gasteiger partial charge is 0.385 e. The summed E-state index contributed by atoms with van der Waals surface area (Å²) in [6.07, 6.45) is 2.51. The second-order valence-electron chi connectivity index (χ2n) is 5.12. The van der Waals surface area contributed by atoms with Gasteiger partial charge in [0, 0.05) is 26.9 Å². The number of methoxy groups -OCH3 is 2. The molecular formula is C13H26N2O3. The molecular weight excluding hydrogens is 232 g/mol. The van der Waals surface area contributed by atoms with Gasteiger partial charge in [-0.25, -0.2) is 0 Å². The fraction of sp³-hybridized carbons (Fsp3) is 0.923. The van der Waals surface area contributed by atoms with Crippen molar-refractivity contribution in [2.24, 2.45) is 5.41 Å². The van der Waals surface area contributed by atoms with Crippen molar-refractivity contribution in [3.05, 3.63) is 0 Å². The number of carbonyl (C=O) groups excluding carboxylic acids is 1. The van der Waals surface area contributed by atoms with E-state index in [1.165, 1.54) is 0 Å². The summed E-state index contributed by atoms with van der Waals surface area (Å²) in [6, 6.07) is 0.140. The number of hydrogen-bond donors (Lipinski definition) is 2. The molecule has 0 aliphatic carbocycles. The quantitative estimate of drug-likeness (QED) is 0.700. The molecule has 2 N–H and O–H groups in total. The van der Waals surface area contributed by atoms with Gasteiger partial charge in [0.05, 0.1) is 12.0 Å². The van der Waals surface area contributed by atoms with Crippen molar-refractivity contribution < 1.29 is 14.3 Å². The fourth-order valence-electron chi connectivity index (χ4n) is 2.36. The van der Waals surface area contributed by atoms with Crippen LogP contribution in [-0.4, -0.2) is 52.5 Å². The van der Waals surface area contributed by atoms with Gasteiger partial charge >= 0.3 is 0 Å². The maximum atomic E-state index is 12.4. The Bertz CT molecular complexity index is 247. The minimum Gasteiger partial charge on any atom is -0.385 e. The molecule has 106 valence electrons. The van der Waals surface area contributed by atoms with Crippen LogP contribution in [0.5, 0.6) is 0 Å². The molecule has 1 heterocycles. The van der Waals surface area contributed by atoms with Gasteiger partial charge in [0.2, 0.25) is 5.91 Å². The second kappa shape index (κ2) is 7.71. The lowest BCUT2D eigenvalue weighted by atomic mass is 9.78. The van der Waals surface area contributed by atoms with Crippen molar-refractivity contribution in [2.45, 2.75) is 32.2 Å². The standard InChI is InChI=1S/C13H26N2O3/c1-11(4-9-17-2)15-12(16)13(10-18-3)5-7-14-8-6-13/h11,14H,4-10H2,1-3H3,(H,15,16). The molecule has 1 aliphatic heterocycles. The zero-order valence-corrected chi connectivity index (χ0v) is 11.8. The second-order valence-corrected chi connectivity index (χ2v) is 5.12. The molecule has 1 rings (SSSR count). The average Bonchev–Trinajstić information content (AvgIpc) is 2.37. The molecule has 1 atom stereocenters. The van der Waals surface area contributed by atoms with Gasteiger partial charge in [-0.05, 0) is 39.3 Å². The first kappa shape index (κ1) is 15.4. The lowest BCUT2D eigenvalue weighted by molar-refractivity contribution is -0.136. The number of amides is 1. The third kappa shape index (κ3) is 4.23. The van der Waals surface area contributed by atoms with Gasteiger partial charge in [-0.3, -0.25) is 4.79 Å². The molecule has 5 nitrogen and oxygen atoms in total. The van der Waals surface area contributed by atoms with Crippen LogP contribution >= 0.6 is 0 Å². The van der Waals surface area contributed by atoms with Crippen LogP contribution in [0.2, 0.25) is 0 Å². The van der Waals surface area contributed by atoms with Crippen molar-refractivity contribution in [1.82, 2.24) is 10.6 Å². The fourth-order valence-corrected chi connectivity index (χ4v) is 2.36. The first-order valence-electron chi connectivity index (χ1n) is 6.64. The predicted octanol–water partition coefficient (Wildman–Crippen LogP) is 0.544. The van der Waals surface area contributed by atoms with Gasteiger partial charge in [-0.1, -0.05) is 0 Å². The lowest BCUT2D eigenvalue weighted by Crippen LogP contribution is -2.52. The Morgan fingerprint density at radius 3 is 2.56 bits per heavy atom. The van der Waals surface area contributed by atoms with E-state index in [0.29, 0.717) is 13.2 Å². The summed E-state index contributed by atoms with van der Waals surface area (Å²) in [5.41, 5.74) is -0.360. The van der Waals surface area contributed by atoms with E-state index < -0.39 is 0 Å². The third-order valence-corrected chi connectivity index (χ3v) is 3.60. The van der Waals surface area contributed by atoms with Crippen LogP contribution in [0.1, 0.15) is 26.2 Å². The number of ether oxygens (including phenoxy) is 2. The van der Waals surface area contributed by atoms with Gasteiger partial charge in [0.25, 0.3) is 0 Å². The van der Waals surface area contributed by atoms with Crippen LogP contribution in [0, 0.1) is 5.41 Å². The van der Waals surface area contributed by atoms with Crippen LogP contribution < -0.4 is 10.6 Å². The Labute approximate surface area is 110 Å². The first-order chi connectivity index (χ1) is 8.64. The summed E-state index contributed by atoms with van der Waals surface area (Å²) in [7, 11) is 3.33. The molecule has 0 spiro atoms. The summed E-state index contributed by atoms with van der Waals surface area (Å²) in [4.78, 5) is 12.4. The van der Waals surface area contributed by atoms with E-state index in [1.54, 1.807) is 14.2 Å². The predicted molar refractivity (Wildman–Crippen MR) is 70.5 cm³/mol. The van der Waals surface area contributed by atoms with Crippen molar-refractivity contribution in [2.75, 3.05) is 40.5 Å². The third-order valence-electron chi connectivity index (χ3n) is 3.60. The summed E-state index contributed by atoms with van der Waals surface area (Å²) in [5.74, 6) is 0.120. The molecule has 0 bridgehead atoms. The average molecular weight is 258 g/mol. The molecule has 0 aromatic heterocycles. The number of piperidine rings is 1. The Morgan fingerprint density at radius 1 is 1.33 bits per heavy atom. The van der Waals surface area contributed by atoms with Crippen LogP contribution in [-0.2, 0) is 14.3 Å². The molecule has 1 fully saturated rings. The van der Waals surface area contributed by atoms with Crippen LogP contribution in [0.15, 0.2) is 0 Å². The van der Waals surface area contributed by atoms with E-state index >= 15 is 0 Å². The number of carbonyl (C=O) groups is 1. The Hall–Kier alpha value is -0.650. The molecule has 18 heavy (non-hydrogen) atoms. The molecule has 0 saturated carbocycles. The SMILES string of the molecule is COCCC(C)NC(=O)C1(COC)CCNCC1. The van der Waals surface area contributed by atoms with E-state index in [4.69, 9.17) is 9.47 Å². The van der Waals surface area contributed by atoms with E-state index in [2.05, 4.69) is 10.6 Å². The van der Waals surface area contributed by atoms with Crippen LogP contribution in [0.25, 0.3) is 0 Å². The highest BCUT2D eigenvalue weighted by Crippen LogP contribution is 2.29. The Morgan fingerprint density at radius 2 is 2.00 bits per heavy atom. The van der Waals surface area contributed by atoms with Gasteiger partial charge in [-0.15, -0.1) is 0 Å². The summed E-state index contributed by atoms with van der Waals surface area (Å²) in [6.45, 7) is 4.93. The van der Waals surface area contributed by atoms with Crippen molar-refractivity contribution in [1.29, 1.82) is 0 Å². The molecule has 1 saturated heterocycles. The lowest BCUT2D eigenvalue weighted by Gasteiger charge is -2.36. The highest BCUT2D eigenvalue weighted by atomic mass is 16.5. The first-order valence-corrected chi connectivity index (χ1v) is 6.64. The van der Waals surface area contributed by atoms with E-state index in [1.807, 2.05) is 6.92 Å². The van der Waals surface area contributed by atoms with Crippen LogP contribution in [0.3, 0.4) is 0 Å². The molecule has 1 aliphatic rings. The summed E-state index contributed by atoms with van der Waals surface area (Å²) < 4.78 is 10.3. The number of nitrogens with one attached hydrogen (secondary N) is 2. The zero-order valence-electron chi connectivity index (χ0n) is 11.8. The monoisotopic (exact) mass is 258 g/mol. The molecule has 1 amide bonds. The van der Waals surface area contributed by atoms with E-state index in [0.717, 1.165) is 32.4 Å². The van der Waals surface area contributed by atoms with E-state index in [9.17, 15) is 4.79 Å². The summed E-state index contributed by atoms with van der Waals surface area (Å²) >= 11 is 0. The Balaban J connectivity index is 2.53. The van der Waals surface area contributed by atoms with Crippen molar-refractivity contribution in [3.63, 3.8) is 0 Å². The van der Waals surface area contributed by atoms with Crippen molar-refractivity contribution >= 4 is 5.91 Å². The highest BCUT2D eigenvalue weighted by molar-refractivity contribution is 5.83. The normalized spacial score (nSPS) is 20.4. The minimum atomic E-state index is -0.360. The molecule has 0 radical (unpaired) electrons. The topological polar surface area (TPSA) is 59.6 Å². The number of rotatable bonds is 7. The Kier molecular flexibility index (Phi) is 6.60. The molecule has 0 aromatic carbocycles. The molecule has 0 aromatic rings. The van der Waals surface area contributed by atoms with Crippen molar-refractivity contribution in [3.8, 4) is 0 Å². The van der Waals surface area contributed by atoms with Gasteiger partial charge < -0.3 is 20.1 Å². The molecule has 1 unspecified atom stereocenters. The summed E-state index contributed by atoms with van der Waals surface area (Å²) in [5, 5.41) is 6.37. The maximum absolute atomic E-state index is 12.4. The maximum Gasteiger partial charge on any atom is 0.228 e. The van der Waals surface area contributed by atoms with Gasteiger partial charge in [-0.2, -0.15) is 0 Å². The van der Waals surface area contributed by atoms with E-state index in [-0.39, 0.29) is 17.4 Å². The minimum absolute atomic E-state index is 0.120. The molecule has 5 heteroatoms. The van der Waals surface area contributed by atoms with Gasteiger partial charge in [0.15, 0.2) is 0 Å². The number of hydrogen-bond acceptors (Lipinski definition) is 4. The smallest absolute Gasteiger partial charge is 0.228 e. The zero-order chi connectivity index (χ0) is 13.4. The van der Waals surface area contributed by atoms with Crippen LogP contribution in [0.4, 0.5) is 0 Å².